The van der Waals surface area contributed by atoms with Crippen LogP contribution < -0.4 is 0 Å². The van der Waals surface area contributed by atoms with Crippen molar-refractivity contribution in [3.8, 4) is 0 Å². The molecule has 0 aliphatic rings. The number of benzene rings is 5. The third kappa shape index (κ3) is 1.29. The molecule has 0 atom stereocenters. The molecule has 5 aromatic carbocycles. The number of fused-ring (bicyclic) bond motifs is 9. The second-order valence-corrected chi connectivity index (χ2v) is 6.66. The summed E-state index contributed by atoms with van der Waals surface area (Å²) in [6.45, 7) is 0. The molecule has 2 heterocycles. The molecule has 0 aliphatic carbocycles. The van der Waals surface area contributed by atoms with Crippen LogP contribution in [-0.4, -0.2) is 0 Å². The van der Waals surface area contributed by atoms with E-state index in [9.17, 15) is 0 Å². The largest absolute Gasteiger partial charge is 0.445 e. The minimum absolute atomic E-state index is 0.934. The monoisotopic (exact) mass is 306 g/mol. The molecule has 110 valence electrons. The van der Waals surface area contributed by atoms with Gasteiger partial charge in [0.05, 0.1) is 0 Å². The molecule has 0 N–H and O–H groups in total. The fourth-order valence-corrected chi connectivity index (χ4v) is 3.93. The first-order valence-corrected chi connectivity index (χ1v) is 8.11. The van der Waals surface area contributed by atoms with Gasteiger partial charge in [-0.25, -0.2) is 0 Å². The van der Waals surface area contributed by atoms with Crippen LogP contribution in [0.2, 0.25) is 0 Å². The molecule has 0 fully saturated rings. The Hall–Kier alpha value is -3.26. The van der Waals surface area contributed by atoms with Gasteiger partial charge in [-0.1, -0.05) is 24.3 Å². The van der Waals surface area contributed by atoms with Gasteiger partial charge in [0.15, 0.2) is 11.2 Å². The van der Waals surface area contributed by atoms with Gasteiger partial charge in [-0.05, 0) is 68.7 Å². The number of hydrogen-bond donors (Lipinski definition) is 0. The minimum Gasteiger partial charge on any atom is -0.445 e. The van der Waals surface area contributed by atoms with E-state index in [1.165, 1.54) is 32.3 Å². The van der Waals surface area contributed by atoms with E-state index in [1.54, 1.807) is 0 Å². The lowest BCUT2D eigenvalue weighted by Gasteiger charge is -2.06. The number of rotatable bonds is 0. The Morgan fingerprint density at radius 1 is 0.417 bits per heavy atom. The molecule has 7 rings (SSSR count). The molecule has 0 saturated heterocycles. The van der Waals surface area contributed by atoms with Crippen molar-refractivity contribution in [1.29, 1.82) is 0 Å². The lowest BCUT2D eigenvalue weighted by molar-refractivity contribution is 0.734. The van der Waals surface area contributed by atoms with Gasteiger partial charge < -0.3 is 8.83 Å². The highest BCUT2D eigenvalue weighted by atomic mass is 16.4. The molecule has 7 aromatic rings. The molecule has 0 saturated carbocycles. The van der Waals surface area contributed by atoms with Gasteiger partial charge >= 0.3 is 0 Å². The smallest absolute Gasteiger partial charge is 0.217 e. The van der Waals surface area contributed by atoms with Crippen LogP contribution in [0.15, 0.2) is 69.5 Å². The van der Waals surface area contributed by atoms with Gasteiger partial charge in [-0.15, -0.1) is 0 Å². The summed E-state index contributed by atoms with van der Waals surface area (Å²) in [6.07, 6.45) is 0. The molecule has 2 aromatic heterocycles. The van der Waals surface area contributed by atoms with Crippen LogP contribution in [0.4, 0.5) is 0 Å². The maximum absolute atomic E-state index is 5.60. The molecule has 0 unspecified atom stereocenters. The van der Waals surface area contributed by atoms with Gasteiger partial charge in [-0.3, -0.25) is 0 Å². The lowest BCUT2D eigenvalue weighted by Crippen LogP contribution is -1.79. The predicted molar refractivity (Wildman–Crippen MR) is 98.4 cm³/mol. The van der Waals surface area contributed by atoms with Crippen molar-refractivity contribution in [2.75, 3.05) is 0 Å². The number of hydrogen-bond acceptors (Lipinski definition) is 2. The fourth-order valence-electron chi connectivity index (χ4n) is 3.93. The topological polar surface area (TPSA) is 26.3 Å². The van der Waals surface area contributed by atoms with Gasteiger partial charge in [-0.2, -0.15) is 0 Å². The summed E-state index contributed by atoms with van der Waals surface area (Å²) in [5.74, 6) is 0. The molecule has 24 heavy (non-hydrogen) atoms. The van der Waals surface area contributed by atoms with Crippen LogP contribution >= 0.6 is 0 Å². The van der Waals surface area contributed by atoms with Crippen LogP contribution in [0.25, 0.3) is 65.4 Å². The fraction of sp³-hybridized carbons (Fsp3) is 0. The van der Waals surface area contributed by atoms with E-state index in [0.29, 0.717) is 0 Å². The van der Waals surface area contributed by atoms with E-state index in [1.807, 2.05) is 0 Å². The molecule has 2 nitrogen and oxygen atoms in total. The Balaban J connectivity index is 1.67. The summed E-state index contributed by atoms with van der Waals surface area (Å²) < 4.78 is 11.2. The van der Waals surface area contributed by atoms with Crippen molar-refractivity contribution in [2.45, 2.75) is 0 Å². The molecular weight excluding hydrogens is 296 g/mol. The average Bonchev–Trinajstić information content (AvgIpc) is 3.48. The highest BCUT2D eigenvalue weighted by Crippen LogP contribution is 2.47. The van der Waals surface area contributed by atoms with Gasteiger partial charge in [0.2, 0.25) is 11.2 Å². The second-order valence-electron chi connectivity index (χ2n) is 6.66. The maximum Gasteiger partial charge on any atom is 0.217 e. The zero-order valence-corrected chi connectivity index (χ0v) is 12.6. The van der Waals surface area contributed by atoms with Crippen LogP contribution in [0.5, 0.6) is 0 Å². The molecule has 0 spiro atoms. The summed E-state index contributed by atoms with van der Waals surface area (Å²) in [5.41, 5.74) is 3.84. The van der Waals surface area contributed by atoms with E-state index in [4.69, 9.17) is 8.83 Å². The van der Waals surface area contributed by atoms with E-state index in [0.717, 1.165) is 33.1 Å². The SMILES string of the molecule is c1ccc2cc3cc4cc5c(cc4cc3cc2c1)c1oc1c1oc51. The molecular formula is C22H10O2. The normalized spacial score (nSPS) is 13.0. The molecule has 0 radical (unpaired) electrons. The average molecular weight is 306 g/mol. The Morgan fingerprint density at radius 2 is 0.833 bits per heavy atom. The third-order valence-electron chi connectivity index (χ3n) is 5.23. The Morgan fingerprint density at radius 3 is 1.33 bits per heavy atom. The second kappa shape index (κ2) is 3.46. The standard InChI is InChI=1S/C22H10O2/c1-2-4-12-6-14-8-16-10-18-17(19-21(23-19)22-20(18)24-22)9-15(16)7-13(14)5-11(12)3-1/h1-10H. The Labute approximate surface area is 135 Å². The van der Waals surface area contributed by atoms with Gasteiger partial charge in [0, 0.05) is 10.8 Å². The molecule has 2 heteroatoms. The van der Waals surface area contributed by atoms with Crippen molar-refractivity contribution >= 4 is 65.4 Å². The zero-order chi connectivity index (χ0) is 15.4. The maximum atomic E-state index is 5.60. The molecule has 0 amide bonds. The zero-order valence-electron chi connectivity index (χ0n) is 12.6. The van der Waals surface area contributed by atoms with Crippen molar-refractivity contribution in [2.24, 2.45) is 0 Å². The van der Waals surface area contributed by atoms with Crippen molar-refractivity contribution < 1.29 is 8.83 Å². The van der Waals surface area contributed by atoms with Crippen molar-refractivity contribution in [1.82, 2.24) is 0 Å². The third-order valence-corrected chi connectivity index (χ3v) is 5.23. The van der Waals surface area contributed by atoms with Gasteiger partial charge in [0.25, 0.3) is 0 Å². The quantitative estimate of drug-likeness (QED) is 0.292. The van der Waals surface area contributed by atoms with Crippen LogP contribution in [-0.2, 0) is 0 Å². The van der Waals surface area contributed by atoms with Crippen LogP contribution in [0.1, 0.15) is 0 Å². The molecule has 0 aliphatic heterocycles. The highest BCUT2D eigenvalue weighted by Gasteiger charge is 2.26. The summed E-state index contributed by atoms with van der Waals surface area (Å²) >= 11 is 0. The first-order chi connectivity index (χ1) is 11.8. The van der Waals surface area contributed by atoms with Crippen molar-refractivity contribution in [3.63, 3.8) is 0 Å². The van der Waals surface area contributed by atoms with Gasteiger partial charge in [0.1, 0.15) is 0 Å². The Kier molecular flexibility index (Phi) is 1.63. The predicted octanol–water partition coefficient (Wildman–Crippen LogP) is 6.67. The Bertz CT molecular complexity index is 1430. The highest BCUT2D eigenvalue weighted by molar-refractivity contribution is 6.27. The summed E-state index contributed by atoms with van der Waals surface area (Å²) in [4.78, 5) is 0. The van der Waals surface area contributed by atoms with E-state index < -0.39 is 0 Å². The lowest BCUT2D eigenvalue weighted by atomic mass is 9.97. The summed E-state index contributed by atoms with van der Waals surface area (Å²) in [7, 11) is 0. The summed E-state index contributed by atoms with van der Waals surface area (Å²) in [5, 5.41) is 9.89. The van der Waals surface area contributed by atoms with Crippen LogP contribution in [0.3, 0.4) is 0 Å². The van der Waals surface area contributed by atoms with Crippen LogP contribution in [0, 0.1) is 0 Å². The van der Waals surface area contributed by atoms with E-state index in [-0.39, 0.29) is 0 Å². The van der Waals surface area contributed by atoms with E-state index >= 15 is 0 Å². The first kappa shape index (κ1) is 11.3. The van der Waals surface area contributed by atoms with E-state index in [2.05, 4.69) is 60.7 Å². The first-order valence-electron chi connectivity index (χ1n) is 8.11. The molecule has 0 bridgehead atoms. The van der Waals surface area contributed by atoms with Crippen molar-refractivity contribution in [3.05, 3.63) is 60.7 Å². The minimum atomic E-state index is 0.934. The summed E-state index contributed by atoms with van der Waals surface area (Å²) in [6, 6.07) is 22.1.